The van der Waals surface area contributed by atoms with Crippen LogP contribution in [0.15, 0.2) is 30.5 Å². The number of amides is 2. The fourth-order valence-corrected chi connectivity index (χ4v) is 4.71. The van der Waals surface area contributed by atoms with Crippen LogP contribution in [0.1, 0.15) is 71.2 Å². The number of hydrogen-bond donors (Lipinski definition) is 1. The first kappa shape index (κ1) is 30.2. The molecule has 1 atom stereocenters. The van der Waals surface area contributed by atoms with Crippen LogP contribution in [0.3, 0.4) is 0 Å². The third-order valence-electron chi connectivity index (χ3n) is 6.00. The van der Waals surface area contributed by atoms with Gasteiger partial charge in [0.05, 0.1) is 12.1 Å². The summed E-state index contributed by atoms with van der Waals surface area (Å²) in [6.45, 7) is 12.8. The number of unbranched alkanes of at least 4 members (excludes halogenated alkanes) is 1. The number of ether oxygens (including phenoxy) is 2. The molecular formula is C28H44N4O5. The summed E-state index contributed by atoms with van der Waals surface area (Å²) in [6, 6.07) is 7.68. The van der Waals surface area contributed by atoms with E-state index in [0.29, 0.717) is 12.8 Å². The molecule has 2 amide bonds. The molecule has 0 aliphatic rings. The number of rotatable bonds is 10. The molecule has 2 aromatic rings. The van der Waals surface area contributed by atoms with Crippen molar-refractivity contribution in [3.05, 3.63) is 36.0 Å². The van der Waals surface area contributed by atoms with Crippen molar-refractivity contribution in [3.8, 4) is 0 Å². The minimum Gasteiger partial charge on any atom is -0.449 e. The van der Waals surface area contributed by atoms with Gasteiger partial charge in [0, 0.05) is 29.2 Å². The van der Waals surface area contributed by atoms with Crippen molar-refractivity contribution >= 4 is 29.0 Å². The molecule has 0 aliphatic carbocycles. The van der Waals surface area contributed by atoms with E-state index >= 15 is 0 Å². The van der Waals surface area contributed by atoms with Crippen molar-refractivity contribution in [2.75, 3.05) is 27.2 Å². The Kier molecular flexibility index (Phi) is 10.1. The number of likely N-dealkylation sites (N-methyl/N-ethyl adjacent to an activating group) is 1. The highest BCUT2D eigenvalue weighted by atomic mass is 16.6. The van der Waals surface area contributed by atoms with E-state index < -0.39 is 23.3 Å². The maximum absolute atomic E-state index is 13.5. The SMILES string of the molecule is CN(C)CCc1cn(C(=O)[C@H](CCCCOC(=O)N(C(C)(C)C)C(C)(C)C)OC(N)=O)c2ccccc12. The van der Waals surface area contributed by atoms with Gasteiger partial charge in [0.2, 0.25) is 0 Å². The summed E-state index contributed by atoms with van der Waals surface area (Å²) in [5.74, 6) is -0.352. The molecule has 9 heteroatoms. The minimum absolute atomic E-state index is 0.195. The van der Waals surface area contributed by atoms with Gasteiger partial charge in [-0.15, -0.1) is 0 Å². The summed E-state index contributed by atoms with van der Waals surface area (Å²) in [5, 5.41) is 0.990. The van der Waals surface area contributed by atoms with Crippen molar-refractivity contribution < 1.29 is 23.9 Å². The van der Waals surface area contributed by atoms with Crippen molar-refractivity contribution in [2.45, 2.75) is 84.4 Å². The second-order valence-corrected chi connectivity index (χ2v) is 11.6. The Balaban J connectivity index is 2.07. The van der Waals surface area contributed by atoms with Gasteiger partial charge >= 0.3 is 12.2 Å². The second-order valence-electron chi connectivity index (χ2n) is 11.6. The Morgan fingerprint density at radius 3 is 2.19 bits per heavy atom. The van der Waals surface area contributed by atoms with Crippen molar-refractivity contribution in [2.24, 2.45) is 5.73 Å². The van der Waals surface area contributed by atoms with Gasteiger partial charge in [0.1, 0.15) is 0 Å². The number of carbonyl (C=O) groups excluding carboxylic acids is 3. The van der Waals surface area contributed by atoms with Gasteiger partial charge in [-0.3, -0.25) is 14.3 Å². The van der Waals surface area contributed by atoms with E-state index in [4.69, 9.17) is 15.2 Å². The maximum atomic E-state index is 13.5. The molecule has 1 aromatic heterocycles. The summed E-state index contributed by atoms with van der Waals surface area (Å²) in [7, 11) is 4.00. The fourth-order valence-electron chi connectivity index (χ4n) is 4.71. The third kappa shape index (κ3) is 8.49. The molecule has 0 fully saturated rings. The smallest absolute Gasteiger partial charge is 0.410 e. The molecule has 37 heavy (non-hydrogen) atoms. The Morgan fingerprint density at radius 1 is 1.00 bits per heavy atom. The first-order valence-corrected chi connectivity index (χ1v) is 12.8. The predicted molar refractivity (Wildman–Crippen MR) is 146 cm³/mol. The van der Waals surface area contributed by atoms with Gasteiger partial charge in [0.15, 0.2) is 6.10 Å². The molecular weight excluding hydrogens is 472 g/mol. The van der Waals surface area contributed by atoms with E-state index in [0.717, 1.165) is 29.4 Å². The van der Waals surface area contributed by atoms with E-state index in [9.17, 15) is 14.4 Å². The van der Waals surface area contributed by atoms with Crippen LogP contribution < -0.4 is 5.73 Å². The molecule has 0 unspecified atom stereocenters. The molecule has 2 N–H and O–H groups in total. The Labute approximate surface area is 220 Å². The van der Waals surface area contributed by atoms with Gasteiger partial charge in [-0.25, -0.2) is 9.59 Å². The van der Waals surface area contributed by atoms with Gasteiger partial charge < -0.3 is 20.1 Å². The number of aromatic nitrogens is 1. The molecule has 0 bridgehead atoms. The van der Waals surface area contributed by atoms with E-state index in [1.807, 2.05) is 86.1 Å². The van der Waals surface area contributed by atoms with E-state index in [-0.39, 0.29) is 25.0 Å². The highest BCUT2D eigenvalue weighted by molar-refractivity contribution is 5.96. The number of nitrogens with zero attached hydrogens (tertiary/aromatic N) is 3. The van der Waals surface area contributed by atoms with Gasteiger partial charge in [-0.1, -0.05) is 18.2 Å². The Morgan fingerprint density at radius 2 is 1.62 bits per heavy atom. The number of fused-ring (bicyclic) bond motifs is 1. The van der Waals surface area contributed by atoms with Crippen molar-refractivity contribution in [1.82, 2.24) is 14.4 Å². The number of benzene rings is 1. The highest BCUT2D eigenvalue weighted by Crippen LogP contribution is 2.26. The summed E-state index contributed by atoms with van der Waals surface area (Å²) in [4.78, 5) is 41.6. The largest absolute Gasteiger partial charge is 0.449 e. The summed E-state index contributed by atoms with van der Waals surface area (Å²) >= 11 is 0. The minimum atomic E-state index is -1.04. The van der Waals surface area contributed by atoms with Gasteiger partial charge in [0.25, 0.3) is 5.91 Å². The quantitative estimate of drug-likeness (QED) is 0.443. The van der Waals surface area contributed by atoms with Crippen LogP contribution in [0.2, 0.25) is 0 Å². The molecule has 1 aromatic carbocycles. The average Bonchev–Trinajstić information content (AvgIpc) is 3.12. The standard InChI is InChI=1S/C28H44N4O5/c1-27(2,3)32(28(4,5)6)26(35)36-18-12-11-15-23(37-25(29)34)24(33)31-19-20(16-17-30(7)8)21-13-9-10-14-22(21)31/h9-10,13-14,19,23H,11-12,15-18H2,1-8H3,(H2,29,34)/t23-/m0/s1. The number of nitrogens with two attached hydrogens (primary N) is 1. The van der Waals surface area contributed by atoms with Crippen LogP contribution in [0, 0.1) is 0 Å². The van der Waals surface area contributed by atoms with Crippen LogP contribution in [-0.4, -0.2) is 76.9 Å². The lowest BCUT2D eigenvalue weighted by molar-refractivity contribution is 0.0193. The summed E-state index contributed by atoms with van der Waals surface area (Å²) in [6.07, 6.45) is 1.47. The van der Waals surface area contributed by atoms with Gasteiger partial charge in [-0.2, -0.15) is 0 Å². The lowest BCUT2D eigenvalue weighted by Crippen LogP contribution is -2.55. The monoisotopic (exact) mass is 516 g/mol. The summed E-state index contributed by atoms with van der Waals surface area (Å²) < 4.78 is 12.3. The first-order chi connectivity index (χ1) is 17.1. The topological polar surface area (TPSA) is 107 Å². The van der Waals surface area contributed by atoms with E-state index in [1.54, 1.807) is 9.47 Å². The zero-order valence-electron chi connectivity index (χ0n) is 23.7. The molecule has 0 radical (unpaired) electrons. The lowest BCUT2D eigenvalue weighted by Gasteiger charge is -2.44. The van der Waals surface area contributed by atoms with Crippen LogP contribution in [0.25, 0.3) is 10.9 Å². The van der Waals surface area contributed by atoms with E-state index in [1.165, 1.54) is 0 Å². The molecule has 0 saturated carbocycles. The maximum Gasteiger partial charge on any atom is 0.410 e. The lowest BCUT2D eigenvalue weighted by atomic mass is 9.97. The van der Waals surface area contributed by atoms with Crippen LogP contribution in [0.4, 0.5) is 9.59 Å². The zero-order valence-corrected chi connectivity index (χ0v) is 23.7. The Hall–Kier alpha value is -3.07. The molecule has 0 spiro atoms. The van der Waals surface area contributed by atoms with E-state index in [2.05, 4.69) is 4.90 Å². The van der Waals surface area contributed by atoms with Crippen molar-refractivity contribution in [1.29, 1.82) is 0 Å². The first-order valence-electron chi connectivity index (χ1n) is 12.8. The third-order valence-corrected chi connectivity index (χ3v) is 6.00. The highest BCUT2D eigenvalue weighted by Gasteiger charge is 2.36. The molecule has 0 saturated heterocycles. The van der Waals surface area contributed by atoms with Crippen molar-refractivity contribution in [3.63, 3.8) is 0 Å². The predicted octanol–water partition coefficient (Wildman–Crippen LogP) is 5.06. The molecule has 9 nitrogen and oxygen atoms in total. The zero-order chi connectivity index (χ0) is 28.0. The normalized spacial score (nSPS) is 13.0. The molecule has 1 heterocycles. The van der Waals surface area contributed by atoms with Crippen LogP contribution >= 0.6 is 0 Å². The Bertz CT molecular complexity index is 1060. The molecule has 2 rings (SSSR count). The number of para-hydroxylation sites is 1. The fraction of sp³-hybridized carbons (Fsp3) is 0.607. The average molecular weight is 517 g/mol. The number of primary amides is 1. The second kappa shape index (κ2) is 12.4. The summed E-state index contributed by atoms with van der Waals surface area (Å²) in [5.41, 5.74) is 6.31. The van der Waals surface area contributed by atoms with Crippen LogP contribution in [0.5, 0.6) is 0 Å². The molecule has 206 valence electrons. The van der Waals surface area contributed by atoms with Gasteiger partial charge in [-0.05, 0) is 93.0 Å². The van der Waals surface area contributed by atoms with Crippen LogP contribution in [-0.2, 0) is 15.9 Å². The number of carbonyl (C=O) groups is 3. The number of hydrogen-bond acceptors (Lipinski definition) is 6. The molecule has 0 aliphatic heterocycles.